The number of rotatable bonds is 5. The summed E-state index contributed by atoms with van der Waals surface area (Å²) in [5, 5.41) is 0.640. The second-order valence-corrected chi connectivity index (χ2v) is 8.66. The van der Waals surface area contributed by atoms with E-state index in [-0.39, 0.29) is 17.9 Å². The fraction of sp³-hybridized carbons (Fsp3) is 0.458. The molecule has 0 saturated heterocycles. The molecule has 2 atom stereocenters. The van der Waals surface area contributed by atoms with E-state index in [0.29, 0.717) is 22.3 Å². The van der Waals surface area contributed by atoms with E-state index in [9.17, 15) is 14.4 Å². The summed E-state index contributed by atoms with van der Waals surface area (Å²) in [6, 6.07) is 6.43. The Hall–Kier alpha value is -3.09. The molecule has 1 aliphatic heterocycles. The molecule has 0 aliphatic carbocycles. The van der Waals surface area contributed by atoms with Crippen molar-refractivity contribution in [1.29, 1.82) is 0 Å². The number of esters is 2. The number of hydrogen-bond acceptors (Lipinski definition) is 7. The summed E-state index contributed by atoms with van der Waals surface area (Å²) >= 11 is 0. The number of allylic oxidation sites excluding steroid dienone is 1. The predicted octanol–water partition coefficient (Wildman–Crippen LogP) is 4.47. The lowest BCUT2D eigenvalue weighted by Crippen LogP contribution is -2.52. The van der Waals surface area contributed by atoms with Gasteiger partial charge in [-0.2, -0.15) is 0 Å². The number of hydrogen-bond donors (Lipinski definition) is 0. The van der Waals surface area contributed by atoms with Crippen LogP contribution in [-0.4, -0.2) is 23.6 Å². The largest absolute Gasteiger partial charge is 0.483 e. The van der Waals surface area contributed by atoms with Gasteiger partial charge in [-0.05, 0) is 51.8 Å². The van der Waals surface area contributed by atoms with Gasteiger partial charge in [0, 0.05) is 23.4 Å². The number of ether oxygens (including phenoxy) is 3. The van der Waals surface area contributed by atoms with Crippen molar-refractivity contribution >= 4 is 22.9 Å². The first kappa shape index (κ1) is 22.6. The van der Waals surface area contributed by atoms with Gasteiger partial charge in [0.2, 0.25) is 0 Å². The molecule has 7 nitrogen and oxygen atoms in total. The normalized spacial score (nSPS) is 20.2. The van der Waals surface area contributed by atoms with Crippen molar-refractivity contribution in [3.8, 4) is 5.75 Å². The van der Waals surface area contributed by atoms with Crippen molar-refractivity contribution in [2.75, 3.05) is 0 Å². The van der Waals surface area contributed by atoms with Crippen LogP contribution < -0.4 is 10.4 Å². The molecule has 0 unspecified atom stereocenters. The number of fused-ring (bicyclic) bond motifs is 3. The zero-order chi connectivity index (χ0) is 22.9. The van der Waals surface area contributed by atoms with Crippen molar-refractivity contribution in [3.63, 3.8) is 0 Å². The second-order valence-electron chi connectivity index (χ2n) is 8.66. The van der Waals surface area contributed by atoms with Crippen LogP contribution >= 0.6 is 0 Å². The number of carbonyl (C=O) groups excluding carboxylic acids is 2. The molecular formula is C24H28O7. The molecule has 0 amide bonds. The van der Waals surface area contributed by atoms with Gasteiger partial charge in [0.05, 0.1) is 5.56 Å². The fourth-order valence-corrected chi connectivity index (χ4v) is 3.53. The van der Waals surface area contributed by atoms with E-state index in [2.05, 4.69) is 0 Å². The highest BCUT2D eigenvalue weighted by atomic mass is 16.6. The van der Waals surface area contributed by atoms with Gasteiger partial charge in [-0.25, -0.2) is 9.59 Å². The van der Waals surface area contributed by atoms with E-state index >= 15 is 0 Å². The zero-order valence-electron chi connectivity index (χ0n) is 18.7. The molecule has 0 spiro atoms. The zero-order valence-corrected chi connectivity index (χ0v) is 18.7. The van der Waals surface area contributed by atoms with Crippen molar-refractivity contribution in [1.82, 2.24) is 0 Å². The van der Waals surface area contributed by atoms with Gasteiger partial charge < -0.3 is 18.6 Å². The molecule has 3 rings (SSSR count). The van der Waals surface area contributed by atoms with Gasteiger partial charge in [-0.3, -0.25) is 4.79 Å². The Morgan fingerprint density at radius 3 is 2.48 bits per heavy atom. The van der Waals surface area contributed by atoms with Crippen LogP contribution in [0.15, 0.2) is 45.1 Å². The summed E-state index contributed by atoms with van der Waals surface area (Å²) in [5.41, 5.74) is -0.522. The molecule has 1 aromatic heterocycles. The summed E-state index contributed by atoms with van der Waals surface area (Å²) in [5.74, 6) is -0.497. The summed E-state index contributed by atoms with van der Waals surface area (Å²) in [7, 11) is 0. The van der Waals surface area contributed by atoms with Crippen LogP contribution in [0.1, 0.15) is 59.6 Å². The third-order valence-corrected chi connectivity index (χ3v) is 5.23. The van der Waals surface area contributed by atoms with Crippen LogP contribution in [-0.2, 0) is 19.1 Å². The van der Waals surface area contributed by atoms with E-state index in [1.165, 1.54) is 6.07 Å². The Balaban J connectivity index is 2.18. The fourth-order valence-electron chi connectivity index (χ4n) is 3.53. The minimum absolute atomic E-state index is 0.0801. The van der Waals surface area contributed by atoms with Gasteiger partial charge in [0.25, 0.3) is 0 Å². The van der Waals surface area contributed by atoms with Crippen LogP contribution in [0.4, 0.5) is 0 Å². The highest BCUT2D eigenvalue weighted by molar-refractivity contribution is 5.88. The Labute approximate surface area is 181 Å². The van der Waals surface area contributed by atoms with Crippen molar-refractivity contribution in [2.45, 2.75) is 65.8 Å². The van der Waals surface area contributed by atoms with Crippen molar-refractivity contribution in [3.05, 3.63) is 51.9 Å². The minimum atomic E-state index is -1.01. The maximum Gasteiger partial charge on any atom is 0.336 e. The summed E-state index contributed by atoms with van der Waals surface area (Å²) in [4.78, 5) is 37.2. The third-order valence-electron chi connectivity index (χ3n) is 5.23. The molecule has 31 heavy (non-hydrogen) atoms. The lowest BCUT2D eigenvalue weighted by Gasteiger charge is -2.43. The molecule has 2 heterocycles. The van der Waals surface area contributed by atoms with E-state index in [1.54, 1.807) is 52.0 Å². The smallest absolute Gasteiger partial charge is 0.336 e. The molecule has 2 aromatic rings. The molecule has 0 fully saturated rings. The van der Waals surface area contributed by atoms with E-state index in [0.717, 1.165) is 0 Å². The highest BCUT2D eigenvalue weighted by Crippen LogP contribution is 2.46. The second kappa shape index (κ2) is 8.57. The maximum absolute atomic E-state index is 12.7. The van der Waals surface area contributed by atoms with E-state index in [4.69, 9.17) is 18.6 Å². The van der Waals surface area contributed by atoms with Gasteiger partial charge in [0.15, 0.2) is 12.2 Å². The van der Waals surface area contributed by atoms with Gasteiger partial charge in [-0.1, -0.05) is 19.9 Å². The lowest BCUT2D eigenvalue weighted by atomic mass is 9.87. The van der Waals surface area contributed by atoms with Gasteiger partial charge in [-0.15, -0.1) is 0 Å². The SMILES string of the molecule is CC=C(C)C(=O)O[C@H]1[C@@H](OC(=O)CC(C)C)c2c(ccc3ccc(=O)oc23)OC1(C)C. The molecular weight excluding hydrogens is 400 g/mol. The first-order chi connectivity index (χ1) is 14.5. The topological polar surface area (TPSA) is 92.0 Å². The van der Waals surface area contributed by atoms with Gasteiger partial charge >= 0.3 is 17.6 Å². The molecule has 0 N–H and O–H groups in total. The Morgan fingerprint density at radius 2 is 1.84 bits per heavy atom. The summed E-state index contributed by atoms with van der Waals surface area (Å²) in [6.07, 6.45) is -0.139. The standard InChI is InChI=1S/C24H28O7/c1-7-14(4)23(27)30-22-21(29-18(26)12-13(2)3)19-16(31-24(22,5)6)10-8-15-9-11-17(25)28-20(15)19/h7-11,13,21-22H,12H2,1-6H3/t21-,22-/m0/s1. The van der Waals surface area contributed by atoms with Crippen LogP contribution in [0.2, 0.25) is 0 Å². The van der Waals surface area contributed by atoms with Gasteiger partial charge in [0.1, 0.15) is 16.9 Å². The average molecular weight is 428 g/mol. The molecule has 0 radical (unpaired) electrons. The van der Waals surface area contributed by atoms with Crippen LogP contribution in [0.5, 0.6) is 5.75 Å². The average Bonchev–Trinajstić information content (AvgIpc) is 2.68. The number of carbonyl (C=O) groups is 2. The Morgan fingerprint density at radius 1 is 1.16 bits per heavy atom. The Bertz CT molecular complexity index is 1090. The molecule has 0 bridgehead atoms. The predicted molar refractivity (Wildman–Crippen MR) is 115 cm³/mol. The lowest BCUT2D eigenvalue weighted by molar-refractivity contribution is -0.188. The molecule has 166 valence electrons. The minimum Gasteiger partial charge on any atom is -0.483 e. The summed E-state index contributed by atoms with van der Waals surface area (Å²) in [6.45, 7) is 10.7. The first-order valence-electron chi connectivity index (χ1n) is 10.3. The molecule has 0 saturated carbocycles. The van der Waals surface area contributed by atoms with Crippen molar-refractivity contribution < 1.29 is 28.2 Å². The molecule has 1 aromatic carbocycles. The Kier molecular flexibility index (Phi) is 6.25. The van der Waals surface area contributed by atoms with Crippen LogP contribution in [0.25, 0.3) is 11.0 Å². The van der Waals surface area contributed by atoms with Crippen LogP contribution in [0, 0.1) is 5.92 Å². The maximum atomic E-state index is 12.7. The van der Waals surface area contributed by atoms with Crippen LogP contribution in [0.3, 0.4) is 0 Å². The monoisotopic (exact) mass is 428 g/mol. The highest BCUT2D eigenvalue weighted by Gasteiger charge is 2.50. The first-order valence-corrected chi connectivity index (χ1v) is 10.3. The van der Waals surface area contributed by atoms with Crippen molar-refractivity contribution in [2.24, 2.45) is 5.92 Å². The quantitative estimate of drug-likeness (QED) is 0.394. The molecule has 7 heteroatoms. The third kappa shape index (κ3) is 4.65. The van der Waals surface area contributed by atoms with E-state index < -0.39 is 35.4 Å². The summed E-state index contributed by atoms with van der Waals surface area (Å²) < 4.78 is 23.2. The molecule has 1 aliphatic rings. The van der Waals surface area contributed by atoms with E-state index in [1.807, 2.05) is 13.8 Å². The number of benzene rings is 1.